The van der Waals surface area contributed by atoms with Crippen LogP contribution in [0, 0.1) is 5.92 Å². The Hall–Kier alpha value is -2.48. The molecule has 1 heterocycles. The summed E-state index contributed by atoms with van der Waals surface area (Å²) in [5.74, 6) is -0.149. The van der Waals surface area contributed by atoms with Crippen molar-refractivity contribution in [2.75, 3.05) is 14.2 Å². The molecule has 0 aromatic heterocycles. The molecule has 3 atom stereocenters. The predicted octanol–water partition coefficient (Wildman–Crippen LogP) is 3.84. The van der Waals surface area contributed by atoms with Gasteiger partial charge >= 0.3 is 12.1 Å². The van der Waals surface area contributed by atoms with Crippen LogP contribution in [0.2, 0.25) is 0 Å². The molecule has 0 bridgehead atoms. The van der Waals surface area contributed by atoms with Crippen LogP contribution in [0.25, 0.3) is 0 Å². The average Bonchev–Trinajstić information content (AvgIpc) is 2.97. The molecule has 1 aliphatic rings. The summed E-state index contributed by atoms with van der Waals surface area (Å²) in [4.78, 5) is 26.5. The van der Waals surface area contributed by atoms with Crippen LogP contribution in [-0.2, 0) is 14.3 Å². The van der Waals surface area contributed by atoms with Crippen molar-refractivity contribution in [1.82, 2.24) is 4.90 Å². The number of ether oxygens (including phenoxy) is 4. The maximum atomic E-state index is 13.2. The van der Waals surface area contributed by atoms with E-state index in [9.17, 15) is 14.7 Å². The van der Waals surface area contributed by atoms with Crippen LogP contribution in [0.1, 0.15) is 52.8 Å². The van der Waals surface area contributed by atoms with Crippen molar-refractivity contribution in [2.45, 2.75) is 65.0 Å². The van der Waals surface area contributed by atoms with Gasteiger partial charge in [0.15, 0.2) is 12.3 Å². The van der Waals surface area contributed by atoms with Gasteiger partial charge in [-0.15, -0.1) is 0 Å². The fourth-order valence-electron chi connectivity index (χ4n) is 3.43. The first-order valence-corrected chi connectivity index (χ1v) is 9.60. The summed E-state index contributed by atoms with van der Waals surface area (Å²) in [6.45, 7) is 9.19. The lowest BCUT2D eigenvalue weighted by Gasteiger charge is -2.32. The van der Waals surface area contributed by atoms with Crippen molar-refractivity contribution < 1.29 is 33.6 Å². The van der Waals surface area contributed by atoms with Crippen LogP contribution in [0.15, 0.2) is 18.2 Å². The maximum Gasteiger partial charge on any atom is 0.413 e. The van der Waals surface area contributed by atoms with Crippen molar-refractivity contribution in [3.63, 3.8) is 0 Å². The first-order chi connectivity index (χ1) is 13.5. The number of hydrogen-bond donors (Lipinski definition) is 1. The van der Waals surface area contributed by atoms with Gasteiger partial charge in [0.25, 0.3) is 0 Å². The molecule has 1 aliphatic heterocycles. The number of benzene rings is 1. The van der Waals surface area contributed by atoms with E-state index in [0.29, 0.717) is 23.5 Å². The van der Waals surface area contributed by atoms with E-state index in [-0.39, 0.29) is 5.92 Å². The van der Waals surface area contributed by atoms with Gasteiger partial charge in [0.2, 0.25) is 0 Å². The van der Waals surface area contributed by atoms with Crippen molar-refractivity contribution >= 4 is 12.1 Å². The summed E-state index contributed by atoms with van der Waals surface area (Å²) in [7, 11) is 2.98. The number of amides is 1. The van der Waals surface area contributed by atoms with E-state index in [2.05, 4.69) is 0 Å². The Morgan fingerprint density at radius 2 is 1.72 bits per heavy atom. The monoisotopic (exact) mass is 409 g/mol. The SMILES string of the molecule is COc1cccc(OC)c1C1O[C@@H](C(=O)O)[C@H](CC(C)C)N1C(=O)OC(C)(C)C. The molecule has 0 spiro atoms. The second kappa shape index (κ2) is 8.90. The zero-order valence-electron chi connectivity index (χ0n) is 18.1. The molecule has 1 aromatic carbocycles. The molecular formula is C21H31NO7. The summed E-state index contributed by atoms with van der Waals surface area (Å²) < 4.78 is 22.4. The van der Waals surface area contributed by atoms with Crippen LogP contribution in [0.3, 0.4) is 0 Å². The summed E-state index contributed by atoms with van der Waals surface area (Å²) in [6, 6.07) is 4.45. The number of hydrogen-bond acceptors (Lipinski definition) is 6. The van der Waals surface area contributed by atoms with Gasteiger partial charge in [-0.25, -0.2) is 9.59 Å². The molecule has 2 rings (SSSR count). The summed E-state index contributed by atoms with van der Waals surface area (Å²) in [6.07, 6.45) is -2.44. The number of methoxy groups -OCH3 is 2. The van der Waals surface area contributed by atoms with E-state index in [0.717, 1.165) is 0 Å². The molecule has 1 saturated heterocycles. The maximum absolute atomic E-state index is 13.2. The molecule has 1 aromatic rings. The number of carbonyl (C=O) groups excluding carboxylic acids is 1. The molecule has 1 amide bonds. The number of carbonyl (C=O) groups is 2. The zero-order chi connectivity index (χ0) is 21.9. The molecule has 0 radical (unpaired) electrons. The first-order valence-electron chi connectivity index (χ1n) is 9.60. The van der Waals surface area contributed by atoms with E-state index in [1.165, 1.54) is 19.1 Å². The summed E-state index contributed by atoms with van der Waals surface area (Å²) in [5.41, 5.74) is -0.309. The Morgan fingerprint density at radius 3 is 2.14 bits per heavy atom. The van der Waals surface area contributed by atoms with Gasteiger partial charge in [-0.1, -0.05) is 19.9 Å². The lowest BCUT2D eigenvalue weighted by atomic mass is 9.98. The van der Waals surface area contributed by atoms with Crippen molar-refractivity contribution in [3.8, 4) is 11.5 Å². The Morgan fingerprint density at radius 1 is 1.17 bits per heavy atom. The molecular weight excluding hydrogens is 378 g/mol. The lowest BCUT2D eigenvalue weighted by molar-refractivity contribution is -0.150. The number of rotatable bonds is 6. The van der Waals surface area contributed by atoms with Gasteiger partial charge in [0.05, 0.1) is 25.8 Å². The van der Waals surface area contributed by atoms with Crippen LogP contribution >= 0.6 is 0 Å². The minimum atomic E-state index is -1.20. The third-order valence-electron chi connectivity index (χ3n) is 4.51. The highest BCUT2D eigenvalue weighted by molar-refractivity contribution is 5.77. The highest BCUT2D eigenvalue weighted by Crippen LogP contribution is 2.45. The zero-order valence-corrected chi connectivity index (χ0v) is 18.1. The van der Waals surface area contributed by atoms with Gasteiger partial charge < -0.3 is 24.1 Å². The second-order valence-corrected chi connectivity index (χ2v) is 8.41. The predicted molar refractivity (Wildman–Crippen MR) is 106 cm³/mol. The summed E-state index contributed by atoms with van der Waals surface area (Å²) >= 11 is 0. The Kier molecular flexibility index (Phi) is 7.00. The van der Waals surface area contributed by atoms with Gasteiger partial charge in [-0.05, 0) is 45.2 Å². The molecule has 0 aliphatic carbocycles. The van der Waals surface area contributed by atoms with Gasteiger partial charge in [0, 0.05) is 0 Å². The Bertz CT molecular complexity index is 719. The van der Waals surface area contributed by atoms with Crippen LogP contribution in [0.4, 0.5) is 4.79 Å². The van der Waals surface area contributed by atoms with Gasteiger partial charge in [-0.2, -0.15) is 0 Å². The molecule has 1 unspecified atom stereocenters. The van der Waals surface area contributed by atoms with Crippen molar-refractivity contribution in [1.29, 1.82) is 0 Å². The van der Waals surface area contributed by atoms with E-state index in [4.69, 9.17) is 18.9 Å². The van der Waals surface area contributed by atoms with Crippen LogP contribution < -0.4 is 9.47 Å². The third kappa shape index (κ3) is 5.12. The van der Waals surface area contributed by atoms with Crippen molar-refractivity contribution in [2.24, 2.45) is 5.92 Å². The van der Waals surface area contributed by atoms with E-state index >= 15 is 0 Å². The molecule has 8 nitrogen and oxygen atoms in total. The molecule has 29 heavy (non-hydrogen) atoms. The van der Waals surface area contributed by atoms with Gasteiger partial charge in [-0.3, -0.25) is 4.90 Å². The molecule has 162 valence electrons. The molecule has 8 heteroatoms. The molecule has 1 N–H and O–H groups in total. The normalized spacial score (nSPS) is 21.9. The molecule has 1 fully saturated rings. The van der Waals surface area contributed by atoms with E-state index in [1.807, 2.05) is 13.8 Å². The van der Waals surface area contributed by atoms with Crippen LogP contribution in [0.5, 0.6) is 11.5 Å². The quantitative estimate of drug-likeness (QED) is 0.763. The number of nitrogens with zero attached hydrogens (tertiary/aromatic N) is 1. The van der Waals surface area contributed by atoms with Gasteiger partial charge in [0.1, 0.15) is 17.1 Å². The highest BCUT2D eigenvalue weighted by atomic mass is 16.6. The topological polar surface area (TPSA) is 94.5 Å². The van der Waals surface area contributed by atoms with E-state index < -0.39 is 36.0 Å². The minimum Gasteiger partial charge on any atom is -0.496 e. The standard InChI is InChI=1S/C21H31NO7/c1-12(2)11-13-17(19(23)24)28-18(22(13)20(25)29-21(3,4)5)16-14(26-6)9-8-10-15(16)27-7/h8-10,12-13,17-18H,11H2,1-7H3,(H,23,24)/t13-,17+,18?/m0/s1. The molecule has 0 saturated carbocycles. The second-order valence-electron chi connectivity index (χ2n) is 8.41. The summed E-state index contributed by atoms with van der Waals surface area (Å²) in [5, 5.41) is 9.78. The minimum absolute atomic E-state index is 0.133. The van der Waals surface area contributed by atoms with Crippen LogP contribution in [-0.4, -0.2) is 54.0 Å². The highest BCUT2D eigenvalue weighted by Gasteiger charge is 2.51. The fraction of sp³-hybridized carbons (Fsp3) is 0.619. The fourth-order valence-corrected chi connectivity index (χ4v) is 3.43. The first kappa shape index (κ1) is 22.8. The van der Waals surface area contributed by atoms with Crippen molar-refractivity contribution in [3.05, 3.63) is 23.8 Å². The number of aliphatic carboxylic acids is 1. The largest absolute Gasteiger partial charge is 0.496 e. The lowest BCUT2D eigenvalue weighted by Crippen LogP contribution is -2.45. The average molecular weight is 409 g/mol. The smallest absolute Gasteiger partial charge is 0.413 e. The Labute approximate surface area is 171 Å². The number of carboxylic acids is 1. The van der Waals surface area contributed by atoms with E-state index in [1.54, 1.807) is 39.0 Å². The Balaban J connectivity index is 2.62. The third-order valence-corrected chi connectivity index (χ3v) is 4.51. The number of carboxylic acid groups (broad SMARTS) is 1.